The minimum atomic E-state index is -3.84. The smallest absolute Gasteiger partial charge is 0.216 e. The van der Waals surface area contributed by atoms with E-state index in [1.807, 2.05) is 6.92 Å². The van der Waals surface area contributed by atoms with Gasteiger partial charge < -0.3 is 4.74 Å². The van der Waals surface area contributed by atoms with E-state index < -0.39 is 9.84 Å². The molecule has 0 atom stereocenters. The molecule has 0 heterocycles. The van der Waals surface area contributed by atoms with Gasteiger partial charge in [-0.25, -0.2) is 8.42 Å². The van der Waals surface area contributed by atoms with Gasteiger partial charge in [0, 0.05) is 5.56 Å². The summed E-state index contributed by atoms with van der Waals surface area (Å²) in [6, 6.07) is 16.8. The molecule has 0 unspecified atom stereocenters. The lowest BCUT2D eigenvalue weighted by molar-refractivity contribution is 0.317. The van der Waals surface area contributed by atoms with Crippen LogP contribution in [-0.2, 0) is 9.84 Å². The fraction of sp³-hybridized carbons (Fsp3) is 0.167. The SMILES string of the molecule is CCCOc1ccccc1/C=C(/C#N)S(=O)(=O)c1ccccc1. The molecule has 2 aromatic carbocycles. The Morgan fingerprint density at radius 1 is 1.13 bits per heavy atom. The highest BCUT2D eigenvalue weighted by molar-refractivity contribution is 7.95. The lowest BCUT2D eigenvalue weighted by atomic mass is 10.2. The van der Waals surface area contributed by atoms with Crippen LogP contribution in [0.1, 0.15) is 18.9 Å². The number of rotatable bonds is 6. The molecule has 0 aromatic heterocycles. The Bertz CT molecular complexity index is 834. The summed E-state index contributed by atoms with van der Waals surface area (Å²) in [7, 11) is -3.84. The monoisotopic (exact) mass is 327 g/mol. The summed E-state index contributed by atoms with van der Waals surface area (Å²) in [4.78, 5) is -0.212. The molecule has 0 N–H and O–H groups in total. The first-order valence-electron chi connectivity index (χ1n) is 7.23. The van der Waals surface area contributed by atoms with Crippen LogP contribution in [0.15, 0.2) is 64.4 Å². The van der Waals surface area contributed by atoms with E-state index in [-0.39, 0.29) is 9.80 Å². The van der Waals surface area contributed by atoms with Crippen LogP contribution in [-0.4, -0.2) is 15.0 Å². The van der Waals surface area contributed by atoms with E-state index in [2.05, 4.69) is 0 Å². The van der Waals surface area contributed by atoms with Crippen LogP contribution in [0.2, 0.25) is 0 Å². The van der Waals surface area contributed by atoms with Gasteiger partial charge in [0.15, 0.2) is 0 Å². The molecule has 4 nitrogen and oxygen atoms in total. The van der Waals surface area contributed by atoms with Crippen LogP contribution >= 0.6 is 0 Å². The van der Waals surface area contributed by atoms with E-state index in [0.717, 1.165) is 6.42 Å². The van der Waals surface area contributed by atoms with Gasteiger partial charge in [-0.1, -0.05) is 43.3 Å². The molecule has 0 aliphatic heterocycles. The van der Waals surface area contributed by atoms with Crippen LogP contribution in [0.4, 0.5) is 0 Å². The van der Waals surface area contributed by atoms with Crippen LogP contribution in [0, 0.1) is 11.3 Å². The maximum Gasteiger partial charge on any atom is 0.216 e. The van der Waals surface area contributed by atoms with E-state index in [0.29, 0.717) is 17.9 Å². The van der Waals surface area contributed by atoms with Gasteiger partial charge in [0.2, 0.25) is 9.84 Å². The topological polar surface area (TPSA) is 67.2 Å². The lowest BCUT2D eigenvalue weighted by Gasteiger charge is -2.08. The zero-order chi connectivity index (χ0) is 16.7. The third-order valence-corrected chi connectivity index (χ3v) is 4.80. The average Bonchev–Trinajstić information content (AvgIpc) is 2.59. The Balaban J connectivity index is 2.47. The first-order valence-corrected chi connectivity index (χ1v) is 8.71. The summed E-state index contributed by atoms with van der Waals surface area (Å²) in [6.45, 7) is 2.51. The minimum Gasteiger partial charge on any atom is -0.493 e. The molecule has 2 aromatic rings. The molecular formula is C18H17NO3S. The standard InChI is InChI=1S/C18H17NO3S/c1-2-12-22-18-11-7-6-8-15(18)13-17(14-19)23(20,21)16-9-4-3-5-10-16/h3-11,13H,2,12H2,1H3/b17-13-. The minimum absolute atomic E-state index is 0.0970. The number of benzene rings is 2. The van der Waals surface area contributed by atoms with Crippen LogP contribution in [0.3, 0.4) is 0 Å². The largest absolute Gasteiger partial charge is 0.493 e. The number of hydrogen-bond acceptors (Lipinski definition) is 4. The third kappa shape index (κ3) is 3.99. The zero-order valence-electron chi connectivity index (χ0n) is 12.8. The van der Waals surface area contributed by atoms with Gasteiger partial charge in [-0.2, -0.15) is 5.26 Å². The molecule has 0 bridgehead atoms. The molecule has 5 heteroatoms. The number of nitriles is 1. The maximum absolute atomic E-state index is 12.6. The Kier molecular flexibility index (Phi) is 5.56. The number of hydrogen-bond donors (Lipinski definition) is 0. The summed E-state index contributed by atoms with van der Waals surface area (Å²) in [5, 5.41) is 9.31. The van der Waals surface area contributed by atoms with Crippen LogP contribution in [0.25, 0.3) is 6.08 Å². The average molecular weight is 327 g/mol. The molecule has 0 saturated carbocycles. The Morgan fingerprint density at radius 3 is 2.43 bits per heavy atom. The van der Waals surface area contributed by atoms with E-state index in [1.54, 1.807) is 48.5 Å². The first-order chi connectivity index (χ1) is 11.1. The Labute approximate surface area is 136 Å². The number of sulfone groups is 1. The van der Waals surface area contributed by atoms with Crippen LogP contribution < -0.4 is 4.74 Å². The molecule has 23 heavy (non-hydrogen) atoms. The number of nitrogens with zero attached hydrogens (tertiary/aromatic N) is 1. The van der Waals surface area contributed by atoms with Crippen molar-refractivity contribution in [1.82, 2.24) is 0 Å². The van der Waals surface area contributed by atoms with Gasteiger partial charge >= 0.3 is 0 Å². The summed E-state index contributed by atoms with van der Waals surface area (Å²) in [5.74, 6) is 0.561. The lowest BCUT2D eigenvalue weighted by Crippen LogP contribution is -2.04. The maximum atomic E-state index is 12.6. The second-order valence-corrected chi connectivity index (χ2v) is 6.74. The van der Waals surface area contributed by atoms with Crippen molar-refractivity contribution in [3.8, 4) is 11.8 Å². The summed E-state index contributed by atoms with van der Waals surface area (Å²) in [5.41, 5.74) is 0.567. The summed E-state index contributed by atoms with van der Waals surface area (Å²) in [6.07, 6.45) is 2.19. The predicted octanol–water partition coefficient (Wildman–Crippen LogP) is 3.81. The first kappa shape index (κ1) is 16.8. The highest BCUT2D eigenvalue weighted by atomic mass is 32.2. The molecule has 0 radical (unpaired) electrons. The van der Waals surface area contributed by atoms with Crippen molar-refractivity contribution in [1.29, 1.82) is 5.26 Å². The molecular weight excluding hydrogens is 310 g/mol. The van der Waals surface area contributed by atoms with Gasteiger partial charge in [0.05, 0.1) is 11.5 Å². The number of allylic oxidation sites excluding steroid dienone is 1. The predicted molar refractivity (Wildman–Crippen MR) is 89.4 cm³/mol. The van der Waals surface area contributed by atoms with Crippen molar-refractivity contribution >= 4 is 15.9 Å². The van der Waals surface area contributed by atoms with Crippen molar-refractivity contribution in [2.75, 3.05) is 6.61 Å². The van der Waals surface area contributed by atoms with E-state index >= 15 is 0 Å². The summed E-state index contributed by atoms with van der Waals surface area (Å²) < 4.78 is 30.7. The van der Waals surface area contributed by atoms with Crippen molar-refractivity contribution < 1.29 is 13.2 Å². The Morgan fingerprint density at radius 2 is 1.78 bits per heavy atom. The molecule has 0 aliphatic carbocycles. The van der Waals surface area contributed by atoms with Gasteiger partial charge in [0.25, 0.3) is 0 Å². The number of para-hydroxylation sites is 1. The van der Waals surface area contributed by atoms with Crippen molar-refractivity contribution in [2.45, 2.75) is 18.2 Å². The van der Waals surface area contributed by atoms with Gasteiger partial charge in [0.1, 0.15) is 16.7 Å². The summed E-state index contributed by atoms with van der Waals surface area (Å²) >= 11 is 0. The molecule has 118 valence electrons. The number of ether oxygens (including phenoxy) is 1. The Hall–Kier alpha value is -2.58. The molecule has 0 saturated heterocycles. The molecule has 0 aliphatic rings. The molecule has 0 spiro atoms. The molecule has 0 amide bonds. The normalized spacial score (nSPS) is 11.7. The van der Waals surface area contributed by atoms with Gasteiger partial charge in [-0.3, -0.25) is 0 Å². The van der Waals surface area contributed by atoms with E-state index in [4.69, 9.17) is 4.74 Å². The zero-order valence-corrected chi connectivity index (χ0v) is 13.6. The highest BCUT2D eigenvalue weighted by Crippen LogP contribution is 2.25. The van der Waals surface area contributed by atoms with Crippen molar-refractivity contribution in [3.05, 3.63) is 65.1 Å². The van der Waals surface area contributed by atoms with E-state index in [1.165, 1.54) is 18.2 Å². The van der Waals surface area contributed by atoms with Crippen LogP contribution in [0.5, 0.6) is 5.75 Å². The van der Waals surface area contributed by atoms with Crippen molar-refractivity contribution in [2.24, 2.45) is 0 Å². The second kappa shape index (κ2) is 7.61. The second-order valence-electron chi connectivity index (χ2n) is 4.82. The molecule has 0 fully saturated rings. The fourth-order valence-electron chi connectivity index (χ4n) is 1.98. The fourth-order valence-corrected chi connectivity index (χ4v) is 3.15. The van der Waals surface area contributed by atoms with Gasteiger partial charge in [-0.05, 0) is 30.7 Å². The quantitative estimate of drug-likeness (QED) is 0.757. The molecule has 2 rings (SSSR count). The van der Waals surface area contributed by atoms with Gasteiger partial charge in [-0.15, -0.1) is 0 Å². The highest BCUT2D eigenvalue weighted by Gasteiger charge is 2.20. The third-order valence-electron chi connectivity index (χ3n) is 3.12. The van der Waals surface area contributed by atoms with Crippen molar-refractivity contribution in [3.63, 3.8) is 0 Å². The van der Waals surface area contributed by atoms with E-state index in [9.17, 15) is 13.7 Å².